The molecule has 0 aliphatic carbocycles. The van der Waals surface area contributed by atoms with Gasteiger partial charge in [-0.1, -0.05) is 0 Å². The SMILES string of the molecule is [2H]C([2H])([2H])c1cc(C)c(-c2c[c]([Ge]([CH3])([CH3])[CH3])c(CC(C)C)c[n+]2C)cc1F. The molecule has 0 unspecified atom stereocenters. The molecule has 2 aromatic rings. The number of halogens is 1. The molecule has 1 nitrogen and oxygen atoms in total. The average molecular weight is 392 g/mol. The first kappa shape index (κ1) is 15.1. The van der Waals surface area contributed by atoms with Gasteiger partial charge in [-0.05, 0) is 0 Å². The van der Waals surface area contributed by atoms with Crippen LogP contribution in [0.3, 0.4) is 0 Å². The predicted octanol–water partition coefficient (Wildman–Crippen LogP) is 4.68. The Labute approximate surface area is 153 Å². The second kappa shape index (κ2) is 6.99. The summed E-state index contributed by atoms with van der Waals surface area (Å²) >= 11 is -2.15. The molecule has 0 spiro atoms. The van der Waals surface area contributed by atoms with Crippen molar-refractivity contribution >= 4 is 17.7 Å². The van der Waals surface area contributed by atoms with Crippen molar-refractivity contribution in [2.75, 3.05) is 0 Å². The molecule has 0 radical (unpaired) electrons. The van der Waals surface area contributed by atoms with E-state index in [0.717, 1.165) is 23.2 Å². The number of nitrogens with zero attached hydrogens (tertiary/aromatic N) is 1. The van der Waals surface area contributed by atoms with Crippen LogP contribution in [0.5, 0.6) is 0 Å². The quantitative estimate of drug-likeness (QED) is 0.526. The standard InChI is InChI=1S/C21H31FGeN/c1-14(2)9-17-13-24(8)21(12-20(17)23(5,6)7)18-11-19(22)16(4)10-15(18)3/h10-14H,9H2,1-8H3/q+1/i4D3. The Morgan fingerprint density at radius 3 is 2.38 bits per heavy atom. The van der Waals surface area contributed by atoms with Gasteiger partial charge in [0.25, 0.3) is 0 Å². The van der Waals surface area contributed by atoms with E-state index < -0.39 is 25.9 Å². The normalized spacial score (nSPS) is 14.5. The van der Waals surface area contributed by atoms with Gasteiger partial charge >= 0.3 is 153 Å². The third-order valence-corrected chi connectivity index (χ3v) is 8.75. The first-order chi connectivity index (χ1) is 12.2. The van der Waals surface area contributed by atoms with Crippen LogP contribution in [0.4, 0.5) is 4.39 Å². The number of hydrogen-bond donors (Lipinski definition) is 0. The summed E-state index contributed by atoms with van der Waals surface area (Å²) in [5.41, 5.74) is 3.64. The second-order valence-corrected chi connectivity index (χ2v) is 18.8. The van der Waals surface area contributed by atoms with Crippen LogP contribution in [0.2, 0.25) is 17.3 Å². The van der Waals surface area contributed by atoms with E-state index in [0.29, 0.717) is 5.92 Å². The van der Waals surface area contributed by atoms with Crippen LogP contribution in [0.15, 0.2) is 24.4 Å². The van der Waals surface area contributed by atoms with E-state index in [-0.39, 0.29) is 5.56 Å². The summed E-state index contributed by atoms with van der Waals surface area (Å²) in [6.07, 6.45) is 3.20. The van der Waals surface area contributed by atoms with Crippen molar-refractivity contribution in [2.24, 2.45) is 13.0 Å². The molecule has 0 amide bonds. The molecule has 0 aliphatic rings. The summed E-state index contributed by atoms with van der Waals surface area (Å²) < 4.78 is 40.6. The van der Waals surface area contributed by atoms with Gasteiger partial charge in [-0.3, -0.25) is 0 Å². The number of pyridine rings is 1. The van der Waals surface area contributed by atoms with Gasteiger partial charge in [-0.2, -0.15) is 0 Å². The van der Waals surface area contributed by atoms with E-state index in [4.69, 9.17) is 4.11 Å². The van der Waals surface area contributed by atoms with Crippen LogP contribution in [-0.4, -0.2) is 13.3 Å². The first-order valence-electron chi connectivity index (χ1n) is 10.1. The van der Waals surface area contributed by atoms with E-state index >= 15 is 0 Å². The van der Waals surface area contributed by atoms with Crippen LogP contribution >= 0.6 is 0 Å². The van der Waals surface area contributed by atoms with Crippen molar-refractivity contribution in [3.8, 4) is 11.3 Å². The number of benzene rings is 1. The van der Waals surface area contributed by atoms with Crippen molar-refractivity contribution in [1.29, 1.82) is 0 Å². The summed E-state index contributed by atoms with van der Waals surface area (Å²) in [6, 6.07) is 5.07. The monoisotopic (exact) mass is 393 g/mol. The molecule has 0 bridgehead atoms. The van der Waals surface area contributed by atoms with Gasteiger partial charge in [0.1, 0.15) is 0 Å². The molecule has 2 rings (SSSR count). The summed E-state index contributed by atoms with van der Waals surface area (Å²) in [4.78, 5) is 0. The zero-order valence-electron chi connectivity index (χ0n) is 18.9. The third kappa shape index (κ3) is 4.08. The molecule has 0 atom stereocenters. The van der Waals surface area contributed by atoms with Crippen molar-refractivity contribution in [1.82, 2.24) is 0 Å². The Kier molecular flexibility index (Phi) is 4.41. The fraction of sp³-hybridized carbons (Fsp3) is 0.476. The predicted molar refractivity (Wildman–Crippen MR) is 104 cm³/mol. The van der Waals surface area contributed by atoms with Gasteiger partial charge in [0, 0.05) is 0 Å². The number of aryl methyl sites for hydroxylation is 3. The summed E-state index contributed by atoms with van der Waals surface area (Å²) in [6.45, 7) is 3.85. The summed E-state index contributed by atoms with van der Waals surface area (Å²) in [5, 5.41) is 0. The molecule has 0 aliphatic heterocycles. The van der Waals surface area contributed by atoms with Gasteiger partial charge in [-0.15, -0.1) is 0 Å². The Morgan fingerprint density at radius 2 is 1.83 bits per heavy atom. The molecule has 1 aromatic carbocycles. The zero-order chi connectivity index (χ0) is 20.7. The average Bonchev–Trinajstić information content (AvgIpc) is 2.46. The zero-order valence-corrected chi connectivity index (χ0v) is 18.0. The molecular formula is C21H31FGeN+. The van der Waals surface area contributed by atoms with E-state index in [1.165, 1.54) is 22.1 Å². The van der Waals surface area contributed by atoms with Crippen molar-refractivity contribution in [2.45, 2.75) is 51.3 Å². The Balaban J connectivity index is 2.71. The van der Waals surface area contributed by atoms with Gasteiger partial charge in [0.15, 0.2) is 0 Å². The van der Waals surface area contributed by atoms with Gasteiger partial charge in [0.2, 0.25) is 0 Å². The van der Waals surface area contributed by atoms with E-state index in [1.807, 2.05) is 18.5 Å². The number of aromatic nitrogens is 1. The summed E-state index contributed by atoms with van der Waals surface area (Å²) in [5.74, 6) is 7.01. The number of hydrogen-bond acceptors (Lipinski definition) is 0. The maximum absolute atomic E-state index is 14.6. The third-order valence-electron chi connectivity index (χ3n) is 4.38. The van der Waals surface area contributed by atoms with Crippen LogP contribution < -0.4 is 8.96 Å². The van der Waals surface area contributed by atoms with Gasteiger partial charge in [0.05, 0.1) is 0 Å². The van der Waals surface area contributed by atoms with E-state index in [1.54, 1.807) is 0 Å². The Hall–Kier alpha value is -1.16. The minimum atomic E-state index is -2.44. The van der Waals surface area contributed by atoms with Crippen molar-refractivity contribution < 1.29 is 13.1 Å². The topological polar surface area (TPSA) is 3.88 Å². The van der Waals surface area contributed by atoms with Crippen LogP contribution in [0.25, 0.3) is 11.3 Å². The van der Waals surface area contributed by atoms with Crippen LogP contribution in [-0.2, 0) is 13.5 Å². The fourth-order valence-corrected chi connectivity index (χ4v) is 6.80. The maximum atomic E-state index is 14.6. The Bertz CT molecular complexity index is 852. The molecule has 3 heteroatoms. The molecule has 24 heavy (non-hydrogen) atoms. The van der Waals surface area contributed by atoms with Crippen LogP contribution in [0, 0.1) is 25.5 Å². The molecule has 1 heterocycles. The van der Waals surface area contributed by atoms with Gasteiger partial charge < -0.3 is 0 Å². The molecule has 0 saturated heterocycles. The van der Waals surface area contributed by atoms with E-state index in [9.17, 15) is 4.39 Å². The molecule has 0 N–H and O–H groups in total. The fourth-order valence-electron chi connectivity index (χ4n) is 3.23. The molecule has 1 aromatic heterocycles. The second-order valence-electron chi connectivity index (χ2n) is 8.20. The number of rotatable bonds is 4. The van der Waals surface area contributed by atoms with Crippen LogP contribution in [0.1, 0.15) is 34.7 Å². The Morgan fingerprint density at radius 1 is 1.17 bits per heavy atom. The van der Waals surface area contributed by atoms with Crippen molar-refractivity contribution in [3.05, 3.63) is 46.9 Å². The van der Waals surface area contributed by atoms with Gasteiger partial charge in [-0.25, -0.2) is 0 Å². The molecular weight excluding hydrogens is 358 g/mol. The van der Waals surface area contributed by atoms with Crippen molar-refractivity contribution in [3.63, 3.8) is 0 Å². The molecule has 0 fully saturated rings. The summed E-state index contributed by atoms with van der Waals surface area (Å²) in [7, 11) is 1.98. The molecule has 130 valence electrons. The molecule has 0 saturated carbocycles. The first-order valence-corrected chi connectivity index (χ1v) is 15.9. The minimum absolute atomic E-state index is 0.212. The van der Waals surface area contributed by atoms with E-state index in [2.05, 4.69) is 43.4 Å².